The van der Waals surface area contributed by atoms with Crippen molar-refractivity contribution in [1.82, 2.24) is 19.7 Å². The van der Waals surface area contributed by atoms with Crippen LogP contribution < -0.4 is 10.2 Å². The molecule has 1 amide bonds. The lowest BCUT2D eigenvalue weighted by Crippen LogP contribution is -2.38. The van der Waals surface area contributed by atoms with E-state index < -0.39 is 0 Å². The second kappa shape index (κ2) is 7.32. The van der Waals surface area contributed by atoms with Crippen LogP contribution in [-0.2, 0) is 4.74 Å². The number of carbonyl (C=O) groups excluding carboxylic acids is 1. The average Bonchev–Trinajstić information content (AvgIpc) is 3.24. The second-order valence-electron chi connectivity index (χ2n) is 5.82. The van der Waals surface area contributed by atoms with Crippen LogP contribution in [0.5, 0.6) is 0 Å². The summed E-state index contributed by atoms with van der Waals surface area (Å²) < 4.78 is 7.03. The van der Waals surface area contributed by atoms with Gasteiger partial charge in [-0.2, -0.15) is 5.10 Å². The number of anilines is 2. The zero-order chi connectivity index (χ0) is 17.8. The fourth-order valence-electron chi connectivity index (χ4n) is 2.84. The first kappa shape index (κ1) is 16.2. The molecule has 1 aliphatic rings. The number of rotatable bonds is 4. The van der Waals surface area contributed by atoms with E-state index in [9.17, 15) is 4.79 Å². The first-order chi connectivity index (χ1) is 12.8. The van der Waals surface area contributed by atoms with Crippen LogP contribution in [0.1, 0.15) is 10.4 Å². The van der Waals surface area contributed by atoms with Crippen molar-refractivity contribution in [3.8, 4) is 5.69 Å². The highest BCUT2D eigenvalue weighted by Crippen LogP contribution is 2.20. The standard InChI is InChI=1S/C18H18N6O2/c25-18(16-2-1-7-20-17(16)23-8-10-26-11-9-23)22-14-3-5-15(6-4-14)24-13-19-12-21-24/h1-7,12-13H,8-11H2,(H,22,25). The van der Waals surface area contributed by atoms with Crippen molar-refractivity contribution in [2.75, 3.05) is 36.5 Å². The van der Waals surface area contributed by atoms with Crippen molar-refractivity contribution in [2.45, 2.75) is 0 Å². The number of hydrogen-bond acceptors (Lipinski definition) is 6. The molecule has 26 heavy (non-hydrogen) atoms. The molecule has 1 aliphatic heterocycles. The molecule has 8 heteroatoms. The van der Waals surface area contributed by atoms with Crippen molar-refractivity contribution < 1.29 is 9.53 Å². The van der Waals surface area contributed by atoms with Crippen molar-refractivity contribution >= 4 is 17.4 Å². The molecule has 0 saturated carbocycles. The van der Waals surface area contributed by atoms with Gasteiger partial charge in [0.25, 0.3) is 5.91 Å². The van der Waals surface area contributed by atoms with Gasteiger partial charge in [-0.15, -0.1) is 0 Å². The minimum atomic E-state index is -0.187. The summed E-state index contributed by atoms with van der Waals surface area (Å²) in [6.45, 7) is 2.73. The van der Waals surface area contributed by atoms with Crippen LogP contribution in [0.25, 0.3) is 5.69 Å². The molecule has 8 nitrogen and oxygen atoms in total. The molecule has 0 spiro atoms. The topological polar surface area (TPSA) is 85.2 Å². The van der Waals surface area contributed by atoms with Gasteiger partial charge in [0.15, 0.2) is 0 Å². The van der Waals surface area contributed by atoms with E-state index in [4.69, 9.17) is 4.74 Å². The van der Waals surface area contributed by atoms with Crippen molar-refractivity contribution in [2.24, 2.45) is 0 Å². The molecule has 3 aromatic rings. The number of ether oxygens (including phenoxy) is 1. The molecular formula is C18H18N6O2. The van der Waals surface area contributed by atoms with E-state index in [-0.39, 0.29) is 5.91 Å². The van der Waals surface area contributed by atoms with E-state index in [2.05, 4.69) is 25.3 Å². The largest absolute Gasteiger partial charge is 0.378 e. The van der Waals surface area contributed by atoms with Crippen molar-refractivity contribution in [1.29, 1.82) is 0 Å². The fraction of sp³-hybridized carbons (Fsp3) is 0.222. The van der Waals surface area contributed by atoms with Gasteiger partial charge < -0.3 is 15.0 Å². The van der Waals surface area contributed by atoms with E-state index in [1.807, 2.05) is 24.3 Å². The number of benzene rings is 1. The van der Waals surface area contributed by atoms with Crippen LogP contribution in [0, 0.1) is 0 Å². The zero-order valence-corrected chi connectivity index (χ0v) is 14.1. The van der Waals surface area contributed by atoms with Crippen LogP contribution in [0.4, 0.5) is 11.5 Å². The minimum Gasteiger partial charge on any atom is -0.378 e. The monoisotopic (exact) mass is 350 g/mol. The molecule has 0 unspecified atom stereocenters. The lowest BCUT2D eigenvalue weighted by atomic mass is 10.2. The molecule has 1 aromatic carbocycles. The van der Waals surface area contributed by atoms with Gasteiger partial charge in [-0.1, -0.05) is 0 Å². The lowest BCUT2D eigenvalue weighted by Gasteiger charge is -2.29. The van der Waals surface area contributed by atoms with Gasteiger partial charge in [-0.05, 0) is 36.4 Å². The van der Waals surface area contributed by atoms with Crippen LogP contribution >= 0.6 is 0 Å². The maximum atomic E-state index is 12.8. The number of nitrogens with zero attached hydrogens (tertiary/aromatic N) is 5. The van der Waals surface area contributed by atoms with Crippen LogP contribution in [-0.4, -0.2) is 52.0 Å². The Balaban J connectivity index is 1.51. The van der Waals surface area contributed by atoms with Gasteiger partial charge in [-0.3, -0.25) is 4.79 Å². The Morgan fingerprint density at radius 1 is 1.12 bits per heavy atom. The van der Waals surface area contributed by atoms with Gasteiger partial charge in [0.2, 0.25) is 0 Å². The maximum absolute atomic E-state index is 12.8. The predicted octanol–water partition coefficient (Wildman–Crippen LogP) is 1.75. The molecule has 132 valence electrons. The molecule has 1 N–H and O–H groups in total. The summed E-state index contributed by atoms with van der Waals surface area (Å²) in [7, 11) is 0. The second-order valence-corrected chi connectivity index (χ2v) is 5.82. The van der Waals surface area contributed by atoms with E-state index in [1.165, 1.54) is 6.33 Å². The summed E-state index contributed by atoms with van der Waals surface area (Å²) in [5, 5.41) is 7.01. The van der Waals surface area contributed by atoms with E-state index in [0.717, 1.165) is 18.8 Å². The van der Waals surface area contributed by atoms with E-state index >= 15 is 0 Å². The molecule has 2 aromatic heterocycles. The number of nitrogens with one attached hydrogen (secondary N) is 1. The third-order valence-corrected chi connectivity index (χ3v) is 4.15. The Morgan fingerprint density at radius 2 is 1.92 bits per heavy atom. The van der Waals surface area contributed by atoms with Gasteiger partial charge in [0.05, 0.1) is 24.5 Å². The minimum absolute atomic E-state index is 0.187. The Morgan fingerprint density at radius 3 is 2.65 bits per heavy atom. The smallest absolute Gasteiger partial charge is 0.259 e. The molecular weight excluding hydrogens is 332 g/mol. The zero-order valence-electron chi connectivity index (χ0n) is 14.1. The molecule has 0 bridgehead atoms. The highest BCUT2D eigenvalue weighted by molar-refractivity contribution is 6.07. The molecule has 0 atom stereocenters. The normalized spacial score (nSPS) is 14.2. The molecule has 0 radical (unpaired) electrons. The number of carbonyl (C=O) groups is 1. The third kappa shape index (κ3) is 3.40. The predicted molar refractivity (Wildman–Crippen MR) is 96.6 cm³/mol. The highest BCUT2D eigenvalue weighted by Gasteiger charge is 2.19. The Kier molecular flexibility index (Phi) is 4.57. The number of hydrogen-bond donors (Lipinski definition) is 1. The Labute approximate surface area is 150 Å². The van der Waals surface area contributed by atoms with Crippen LogP contribution in [0.3, 0.4) is 0 Å². The summed E-state index contributed by atoms with van der Waals surface area (Å²) in [5.74, 6) is 0.501. The molecule has 1 fully saturated rings. The molecule has 0 aliphatic carbocycles. The van der Waals surface area contributed by atoms with Crippen LogP contribution in [0.15, 0.2) is 55.2 Å². The van der Waals surface area contributed by atoms with E-state index in [1.54, 1.807) is 29.3 Å². The third-order valence-electron chi connectivity index (χ3n) is 4.15. The van der Waals surface area contributed by atoms with Gasteiger partial charge >= 0.3 is 0 Å². The number of aromatic nitrogens is 4. The molecule has 4 rings (SSSR count). The van der Waals surface area contributed by atoms with Gasteiger partial charge in [0.1, 0.15) is 18.5 Å². The van der Waals surface area contributed by atoms with E-state index in [0.29, 0.717) is 30.3 Å². The SMILES string of the molecule is O=C(Nc1ccc(-n2cncn2)cc1)c1cccnc1N1CCOCC1. The Hall–Kier alpha value is -3.26. The summed E-state index contributed by atoms with van der Waals surface area (Å²) in [5.41, 5.74) is 2.13. The number of pyridine rings is 1. The molecule has 1 saturated heterocycles. The summed E-state index contributed by atoms with van der Waals surface area (Å²) >= 11 is 0. The van der Waals surface area contributed by atoms with Crippen molar-refractivity contribution in [3.05, 3.63) is 60.8 Å². The lowest BCUT2D eigenvalue weighted by molar-refractivity contribution is 0.102. The summed E-state index contributed by atoms with van der Waals surface area (Å²) in [6, 6.07) is 11.0. The first-order valence-corrected chi connectivity index (χ1v) is 8.35. The Bertz CT molecular complexity index is 873. The maximum Gasteiger partial charge on any atom is 0.259 e. The summed E-state index contributed by atoms with van der Waals surface area (Å²) in [6.07, 6.45) is 4.80. The van der Waals surface area contributed by atoms with Gasteiger partial charge in [0, 0.05) is 25.0 Å². The van der Waals surface area contributed by atoms with Crippen molar-refractivity contribution in [3.63, 3.8) is 0 Å². The highest BCUT2D eigenvalue weighted by atomic mass is 16.5. The summed E-state index contributed by atoms with van der Waals surface area (Å²) in [4.78, 5) is 23.2. The number of morpholine rings is 1. The average molecular weight is 350 g/mol. The molecule has 3 heterocycles. The van der Waals surface area contributed by atoms with Gasteiger partial charge in [-0.25, -0.2) is 14.6 Å². The fourth-order valence-corrected chi connectivity index (χ4v) is 2.84. The quantitative estimate of drug-likeness (QED) is 0.772. The number of amides is 1. The van der Waals surface area contributed by atoms with Crippen LogP contribution in [0.2, 0.25) is 0 Å². The first-order valence-electron chi connectivity index (χ1n) is 8.35.